The standard InChI is InChI=1S/C18H17ClO3S/c1-11(17(20)12-6-8-14(19)9-7-12)22-18(21)16-10-13-4-2-3-5-15(13)23-16/h6-11H,2-5H2,1H3/t11-/m0/s1. The minimum atomic E-state index is -0.817. The molecule has 0 radical (unpaired) electrons. The van der Waals surface area contributed by atoms with Crippen LogP contribution < -0.4 is 0 Å². The summed E-state index contributed by atoms with van der Waals surface area (Å²) in [6.45, 7) is 1.60. The van der Waals surface area contributed by atoms with Crippen LogP contribution in [0.5, 0.6) is 0 Å². The lowest BCUT2D eigenvalue weighted by Gasteiger charge is -2.11. The summed E-state index contributed by atoms with van der Waals surface area (Å²) in [5, 5.41) is 0.565. The van der Waals surface area contributed by atoms with E-state index in [4.69, 9.17) is 16.3 Å². The zero-order chi connectivity index (χ0) is 16.4. The summed E-state index contributed by atoms with van der Waals surface area (Å²) in [6.07, 6.45) is 3.59. The van der Waals surface area contributed by atoms with Gasteiger partial charge in [-0.25, -0.2) is 4.79 Å². The van der Waals surface area contributed by atoms with E-state index in [1.807, 2.05) is 6.07 Å². The van der Waals surface area contributed by atoms with Crippen molar-refractivity contribution in [2.24, 2.45) is 0 Å². The van der Waals surface area contributed by atoms with Crippen LogP contribution in [0.25, 0.3) is 0 Å². The molecule has 5 heteroatoms. The van der Waals surface area contributed by atoms with Crippen LogP contribution in [0.3, 0.4) is 0 Å². The molecule has 3 nitrogen and oxygen atoms in total. The summed E-state index contributed by atoms with van der Waals surface area (Å²) >= 11 is 7.31. The Morgan fingerprint density at radius 3 is 2.57 bits per heavy atom. The highest BCUT2D eigenvalue weighted by molar-refractivity contribution is 7.14. The quantitative estimate of drug-likeness (QED) is 0.593. The van der Waals surface area contributed by atoms with E-state index in [1.54, 1.807) is 31.2 Å². The van der Waals surface area contributed by atoms with Gasteiger partial charge in [-0.2, -0.15) is 0 Å². The van der Waals surface area contributed by atoms with Crippen LogP contribution in [0.2, 0.25) is 5.02 Å². The van der Waals surface area contributed by atoms with E-state index in [0.717, 1.165) is 12.8 Å². The third kappa shape index (κ3) is 3.65. The zero-order valence-electron chi connectivity index (χ0n) is 12.8. The number of aryl methyl sites for hydroxylation is 2. The number of esters is 1. The summed E-state index contributed by atoms with van der Waals surface area (Å²) in [4.78, 5) is 26.4. The fraction of sp³-hybridized carbons (Fsp3) is 0.333. The molecule has 0 aliphatic heterocycles. The van der Waals surface area contributed by atoms with Crippen LogP contribution in [0, 0.1) is 0 Å². The van der Waals surface area contributed by atoms with Crippen LogP contribution in [-0.2, 0) is 17.6 Å². The number of hydrogen-bond acceptors (Lipinski definition) is 4. The monoisotopic (exact) mass is 348 g/mol. The molecule has 0 N–H and O–H groups in total. The van der Waals surface area contributed by atoms with Crippen molar-refractivity contribution in [1.29, 1.82) is 0 Å². The highest BCUT2D eigenvalue weighted by Crippen LogP contribution is 2.30. The molecule has 0 spiro atoms. The lowest BCUT2D eigenvalue weighted by molar-refractivity contribution is 0.0323. The number of thiophene rings is 1. The number of fused-ring (bicyclic) bond motifs is 1. The SMILES string of the molecule is C[C@H](OC(=O)c1cc2c(s1)CCCC2)C(=O)c1ccc(Cl)cc1. The smallest absolute Gasteiger partial charge is 0.349 e. The fourth-order valence-electron chi connectivity index (χ4n) is 2.71. The van der Waals surface area contributed by atoms with Crippen molar-refractivity contribution in [3.8, 4) is 0 Å². The van der Waals surface area contributed by atoms with E-state index in [1.165, 1.54) is 34.6 Å². The van der Waals surface area contributed by atoms with E-state index in [-0.39, 0.29) is 5.78 Å². The summed E-state index contributed by atoms with van der Waals surface area (Å²) in [5.74, 6) is -0.643. The summed E-state index contributed by atoms with van der Waals surface area (Å²) in [5.41, 5.74) is 1.74. The number of benzene rings is 1. The molecule has 0 saturated heterocycles. The number of hydrogen-bond donors (Lipinski definition) is 0. The maximum absolute atomic E-state index is 12.3. The van der Waals surface area contributed by atoms with Gasteiger partial charge in [0.25, 0.3) is 0 Å². The number of rotatable bonds is 4. The largest absolute Gasteiger partial charge is 0.450 e. The molecule has 3 rings (SSSR count). The van der Waals surface area contributed by atoms with Gasteiger partial charge in [0.2, 0.25) is 5.78 Å². The lowest BCUT2D eigenvalue weighted by atomic mass is 9.99. The third-order valence-electron chi connectivity index (χ3n) is 3.98. The van der Waals surface area contributed by atoms with Gasteiger partial charge in [0, 0.05) is 15.5 Å². The second-order valence-corrected chi connectivity index (χ2v) is 7.26. The fourth-order valence-corrected chi connectivity index (χ4v) is 3.97. The van der Waals surface area contributed by atoms with Crippen LogP contribution in [-0.4, -0.2) is 17.9 Å². The van der Waals surface area contributed by atoms with Crippen molar-refractivity contribution >= 4 is 34.7 Å². The summed E-state index contributed by atoms with van der Waals surface area (Å²) in [7, 11) is 0. The Balaban J connectivity index is 1.68. The van der Waals surface area contributed by atoms with E-state index in [2.05, 4.69) is 0 Å². The molecule has 1 aliphatic carbocycles. The Labute approximate surface area is 144 Å². The molecule has 0 unspecified atom stereocenters. The maximum Gasteiger partial charge on any atom is 0.349 e. The first-order valence-electron chi connectivity index (χ1n) is 7.67. The Kier molecular flexibility index (Phi) is 4.83. The molecule has 0 amide bonds. The third-order valence-corrected chi connectivity index (χ3v) is 5.45. The summed E-state index contributed by atoms with van der Waals surface area (Å²) < 4.78 is 5.35. The number of ether oxygens (including phenoxy) is 1. The highest BCUT2D eigenvalue weighted by atomic mass is 35.5. The highest BCUT2D eigenvalue weighted by Gasteiger charge is 2.23. The van der Waals surface area contributed by atoms with Crippen LogP contribution >= 0.6 is 22.9 Å². The molecular formula is C18H17ClO3S. The Morgan fingerprint density at radius 2 is 1.87 bits per heavy atom. The molecule has 1 atom stereocenters. The minimum Gasteiger partial charge on any atom is -0.450 e. The molecule has 1 aromatic carbocycles. The number of ketones is 1. The van der Waals surface area contributed by atoms with E-state index >= 15 is 0 Å². The number of carbonyl (C=O) groups is 2. The first-order chi connectivity index (χ1) is 11.0. The average Bonchev–Trinajstić information content (AvgIpc) is 2.99. The normalized spacial score (nSPS) is 14.9. The van der Waals surface area contributed by atoms with E-state index in [0.29, 0.717) is 15.5 Å². The van der Waals surface area contributed by atoms with Crippen molar-refractivity contribution in [1.82, 2.24) is 0 Å². The average molecular weight is 349 g/mol. The van der Waals surface area contributed by atoms with Gasteiger partial charge in [0.1, 0.15) is 4.88 Å². The van der Waals surface area contributed by atoms with E-state index < -0.39 is 12.1 Å². The molecule has 1 heterocycles. The molecule has 120 valence electrons. The second-order valence-electron chi connectivity index (χ2n) is 5.68. The van der Waals surface area contributed by atoms with Crippen LogP contribution in [0.15, 0.2) is 30.3 Å². The molecule has 0 fully saturated rings. The van der Waals surface area contributed by atoms with Gasteiger partial charge in [0.15, 0.2) is 6.10 Å². The van der Waals surface area contributed by atoms with Crippen molar-refractivity contribution in [3.05, 3.63) is 56.2 Å². The number of carbonyl (C=O) groups excluding carboxylic acids is 2. The molecule has 2 aromatic rings. The number of Topliss-reactive ketones (excluding diaryl/α,β-unsaturated/α-hetero) is 1. The van der Waals surface area contributed by atoms with Gasteiger partial charge < -0.3 is 4.74 Å². The molecule has 1 aromatic heterocycles. The predicted molar refractivity (Wildman–Crippen MR) is 91.6 cm³/mol. The van der Waals surface area contributed by atoms with Crippen molar-refractivity contribution in [3.63, 3.8) is 0 Å². The van der Waals surface area contributed by atoms with Gasteiger partial charge in [-0.15, -0.1) is 11.3 Å². The Bertz CT molecular complexity index is 710. The van der Waals surface area contributed by atoms with Crippen LogP contribution in [0.4, 0.5) is 0 Å². The molecule has 0 saturated carbocycles. The molecule has 1 aliphatic rings. The Morgan fingerprint density at radius 1 is 1.17 bits per heavy atom. The minimum absolute atomic E-state index is 0.226. The van der Waals surface area contributed by atoms with Crippen molar-refractivity contribution in [2.75, 3.05) is 0 Å². The maximum atomic E-state index is 12.3. The zero-order valence-corrected chi connectivity index (χ0v) is 14.4. The first-order valence-corrected chi connectivity index (χ1v) is 8.86. The molecular weight excluding hydrogens is 332 g/mol. The van der Waals surface area contributed by atoms with Crippen molar-refractivity contribution < 1.29 is 14.3 Å². The van der Waals surface area contributed by atoms with Gasteiger partial charge >= 0.3 is 5.97 Å². The van der Waals surface area contributed by atoms with Crippen LogP contribution in [0.1, 0.15) is 50.2 Å². The summed E-state index contributed by atoms with van der Waals surface area (Å²) in [6, 6.07) is 8.49. The molecule has 0 bridgehead atoms. The Hall–Kier alpha value is -1.65. The van der Waals surface area contributed by atoms with Gasteiger partial charge in [0.05, 0.1) is 0 Å². The number of halogens is 1. The van der Waals surface area contributed by atoms with Gasteiger partial charge in [-0.1, -0.05) is 11.6 Å². The topological polar surface area (TPSA) is 43.4 Å². The predicted octanol–water partition coefficient (Wildman–Crippen LogP) is 4.71. The van der Waals surface area contributed by atoms with Gasteiger partial charge in [-0.3, -0.25) is 4.79 Å². The molecule has 23 heavy (non-hydrogen) atoms. The second kappa shape index (κ2) is 6.85. The van der Waals surface area contributed by atoms with Crippen molar-refractivity contribution in [2.45, 2.75) is 38.7 Å². The van der Waals surface area contributed by atoms with E-state index in [9.17, 15) is 9.59 Å². The van der Waals surface area contributed by atoms with Gasteiger partial charge in [-0.05, 0) is 68.5 Å². The lowest BCUT2D eigenvalue weighted by Crippen LogP contribution is -2.24. The first kappa shape index (κ1) is 16.2.